The monoisotopic (exact) mass is 370 g/mol. The van der Waals surface area contributed by atoms with Crippen LogP contribution in [-0.4, -0.2) is 42.3 Å². The number of benzene rings is 1. The van der Waals surface area contributed by atoms with E-state index in [1.807, 2.05) is 0 Å². The van der Waals surface area contributed by atoms with Crippen molar-refractivity contribution in [1.82, 2.24) is 29.1 Å². The van der Waals surface area contributed by atoms with Gasteiger partial charge in [0, 0.05) is 25.3 Å². The molecular weight excluding hydrogens is 355 g/mol. The number of halogens is 1. The fourth-order valence-electron chi connectivity index (χ4n) is 3.55. The lowest BCUT2D eigenvalue weighted by atomic mass is 10.1. The fraction of sp³-hybridized carbons (Fsp3) is 0.294. The summed E-state index contributed by atoms with van der Waals surface area (Å²) in [4.78, 5) is 38.9. The first-order chi connectivity index (χ1) is 13.1. The highest BCUT2D eigenvalue weighted by atomic mass is 19.1. The highest BCUT2D eigenvalue weighted by Gasteiger charge is 2.23. The Labute approximate surface area is 150 Å². The summed E-state index contributed by atoms with van der Waals surface area (Å²) >= 11 is 0. The number of imidazole rings is 2. The van der Waals surface area contributed by atoms with Crippen molar-refractivity contribution in [1.29, 1.82) is 0 Å². The van der Waals surface area contributed by atoms with Crippen molar-refractivity contribution in [2.75, 3.05) is 13.2 Å². The molecule has 1 fully saturated rings. The molecule has 10 heteroatoms. The van der Waals surface area contributed by atoms with Crippen molar-refractivity contribution < 1.29 is 9.13 Å². The van der Waals surface area contributed by atoms with Crippen LogP contribution in [-0.2, 0) is 4.74 Å². The summed E-state index contributed by atoms with van der Waals surface area (Å²) in [6.45, 7) is 1.09. The number of rotatable bonds is 2. The van der Waals surface area contributed by atoms with Crippen LogP contribution in [0.25, 0.3) is 28.1 Å². The Kier molecular flexibility index (Phi) is 3.47. The first kappa shape index (κ1) is 15.9. The molecule has 3 aromatic heterocycles. The Bertz CT molecular complexity index is 1280. The van der Waals surface area contributed by atoms with Gasteiger partial charge < -0.3 is 4.74 Å². The molecule has 1 aliphatic heterocycles. The largest absolute Gasteiger partial charge is 0.381 e. The minimum atomic E-state index is -0.476. The molecule has 0 unspecified atom stereocenters. The average Bonchev–Trinajstić information content (AvgIpc) is 3.22. The van der Waals surface area contributed by atoms with Crippen LogP contribution in [0.1, 0.15) is 18.9 Å². The third-order valence-corrected chi connectivity index (χ3v) is 4.86. The number of aromatic amines is 2. The lowest BCUT2D eigenvalue weighted by Gasteiger charge is -2.22. The van der Waals surface area contributed by atoms with E-state index >= 15 is 0 Å². The molecule has 0 amide bonds. The van der Waals surface area contributed by atoms with E-state index in [0.29, 0.717) is 37.1 Å². The Morgan fingerprint density at radius 3 is 2.81 bits per heavy atom. The molecule has 1 aliphatic rings. The molecule has 1 aromatic carbocycles. The van der Waals surface area contributed by atoms with Gasteiger partial charge in [0.15, 0.2) is 11.2 Å². The minimum Gasteiger partial charge on any atom is -0.381 e. The molecule has 5 rings (SSSR count). The summed E-state index contributed by atoms with van der Waals surface area (Å²) in [5.41, 5.74) is 0.558. The molecule has 4 aromatic rings. The molecule has 0 radical (unpaired) electrons. The van der Waals surface area contributed by atoms with Gasteiger partial charge in [-0.2, -0.15) is 4.98 Å². The standard InChI is InChI=1S/C17H15FN6O3/c18-9-1-2-11-12(7-9)23(8-19-11)16-21-14-13(15(25)22-16)20-17(26)24(14)10-3-5-27-6-4-10/h1-2,7-8,10H,3-6H2,(H,20,26)(H,21,22,25). The van der Waals surface area contributed by atoms with Crippen molar-refractivity contribution in [2.45, 2.75) is 18.9 Å². The van der Waals surface area contributed by atoms with Gasteiger partial charge in [-0.25, -0.2) is 14.2 Å². The van der Waals surface area contributed by atoms with Gasteiger partial charge in [-0.1, -0.05) is 0 Å². The highest BCUT2D eigenvalue weighted by molar-refractivity contribution is 5.77. The first-order valence-corrected chi connectivity index (χ1v) is 8.57. The van der Waals surface area contributed by atoms with Gasteiger partial charge in [0.05, 0.1) is 11.0 Å². The maximum Gasteiger partial charge on any atom is 0.328 e. The summed E-state index contributed by atoms with van der Waals surface area (Å²) in [6.07, 6.45) is 2.78. The minimum absolute atomic E-state index is 0.0980. The molecule has 0 atom stereocenters. The van der Waals surface area contributed by atoms with Gasteiger partial charge in [-0.05, 0) is 25.0 Å². The van der Waals surface area contributed by atoms with Gasteiger partial charge in [-0.15, -0.1) is 0 Å². The van der Waals surface area contributed by atoms with Crippen LogP contribution in [0.5, 0.6) is 0 Å². The van der Waals surface area contributed by atoms with E-state index < -0.39 is 11.4 Å². The molecule has 9 nitrogen and oxygen atoms in total. The molecule has 0 aliphatic carbocycles. The fourth-order valence-corrected chi connectivity index (χ4v) is 3.55. The zero-order chi connectivity index (χ0) is 18.5. The van der Waals surface area contributed by atoms with Gasteiger partial charge in [0.1, 0.15) is 12.1 Å². The number of H-pyrrole nitrogens is 2. The predicted molar refractivity (Wildman–Crippen MR) is 94.7 cm³/mol. The van der Waals surface area contributed by atoms with E-state index in [2.05, 4.69) is 19.9 Å². The summed E-state index contributed by atoms with van der Waals surface area (Å²) in [5.74, 6) is -0.256. The Balaban J connectivity index is 1.75. The Morgan fingerprint density at radius 2 is 2.00 bits per heavy atom. The number of nitrogens with zero attached hydrogens (tertiary/aromatic N) is 4. The predicted octanol–water partition coefficient (Wildman–Crippen LogP) is 1.24. The summed E-state index contributed by atoms with van der Waals surface area (Å²) in [7, 11) is 0. The maximum atomic E-state index is 13.7. The SMILES string of the molecule is O=c1[nH]c(-n2cnc3ccc(F)cc32)nc2c1[nH]c(=O)n2C1CCOCC1. The highest BCUT2D eigenvalue weighted by Crippen LogP contribution is 2.22. The molecule has 2 N–H and O–H groups in total. The van der Waals surface area contributed by atoms with E-state index in [9.17, 15) is 14.0 Å². The van der Waals surface area contributed by atoms with E-state index in [0.717, 1.165) is 0 Å². The molecular formula is C17H15FN6O3. The number of aromatic nitrogens is 6. The van der Waals surface area contributed by atoms with Crippen LogP contribution in [0.15, 0.2) is 34.1 Å². The third-order valence-electron chi connectivity index (χ3n) is 4.86. The molecule has 0 spiro atoms. The average molecular weight is 370 g/mol. The van der Waals surface area contributed by atoms with Crippen LogP contribution in [0.2, 0.25) is 0 Å². The van der Waals surface area contributed by atoms with Crippen LogP contribution >= 0.6 is 0 Å². The van der Waals surface area contributed by atoms with Crippen molar-refractivity contribution in [2.24, 2.45) is 0 Å². The number of ether oxygens (including phenoxy) is 1. The molecule has 4 heterocycles. The maximum absolute atomic E-state index is 13.7. The normalized spacial score (nSPS) is 15.7. The number of nitrogens with one attached hydrogen (secondary N) is 2. The van der Waals surface area contributed by atoms with Crippen molar-refractivity contribution in [3.8, 4) is 5.95 Å². The molecule has 27 heavy (non-hydrogen) atoms. The van der Waals surface area contributed by atoms with Gasteiger partial charge in [0.2, 0.25) is 5.95 Å². The zero-order valence-corrected chi connectivity index (χ0v) is 14.1. The lowest BCUT2D eigenvalue weighted by molar-refractivity contribution is 0.0697. The van der Waals surface area contributed by atoms with Crippen LogP contribution in [0.3, 0.4) is 0 Å². The summed E-state index contributed by atoms with van der Waals surface area (Å²) < 4.78 is 22.0. The number of hydrogen-bond donors (Lipinski definition) is 2. The first-order valence-electron chi connectivity index (χ1n) is 8.57. The smallest absolute Gasteiger partial charge is 0.328 e. The number of fused-ring (bicyclic) bond motifs is 2. The van der Waals surface area contributed by atoms with Crippen LogP contribution < -0.4 is 11.2 Å². The summed E-state index contributed by atoms with van der Waals surface area (Å²) in [6, 6.07) is 4.08. The van der Waals surface area contributed by atoms with Crippen molar-refractivity contribution in [3.05, 3.63) is 51.2 Å². The van der Waals surface area contributed by atoms with E-state index in [1.54, 1.807) is 6.07 Å². The molecule has 1 saturated heterocycles. The summed E-state index contributed by atoms with van der Waals surface area (Å²) in [5, 5.41) is 0. The van der Waals surface area contributed by atoms with Gasteiger partial charge in [-0.3, -0.25) is 23.9 Å². The number of hydrogen-bond acceptors (Lipinski definition) is 5. The van der Waals surface area contributed by atoms with Crippen LogP contribution in [0, 0.1) is 5.82 Å². The van der Waals surface area contributed by atoms with Gasteiger partial charge in [0.25, 0.3) is 5.56 Å². The van der Waals surface area contributed by atoms with Crippen molar-refractivity contribution in [3.63, 3.8) is 0 Å². The Morgan fingerprint density at radius 1 is 1.19 bits per heavy atom. The van der Waals surface area contributed by atoms with E-state index in [1.165, 1.54) is 27.6 Å². The molecule has 0 bridgehead atoms. The quantitative estimate of drug-likeness (QED) is 0.552. The van der Waals surface area contributed by atoms with E-state index in [4.69, 9.17) is 4.74 Å². The lowest BCUT2D eigenvalue weighted by Crippen LogP contribution is -2.27. The molecule has 138 valence electrons. The Hall–Kier alpha value is -3.27. The topological polar surface area (TPSA) is 111 Å². The molecule has 0 saturated carbocycles. The van der Waals surface area contributed by atoms with Crippen LogP contribution in [0.4, 0.5) is 4.39 Å². The zero-order valence-electron chi connectivity index (χ0n) is 14.1. The van der Waals surface area contributed by atoms with Crippen molar-refractivity contribution >= 4 is 22.2 Å². The second kappa shape index (κ2) is 5.88. The second-order valence-electron chi connectivity index (χ2n) is 6.48. The third kappa shape index (κ3) is 2.48. The second-order valence-corrected chi connectivity index (χ2v) is 6.48. The van der Waals surface area contributed by atoms with E-state index in [-0.39, 0.29) is 28.8 Å². The van der Waals surface area contributed by atoms with Gasteiger partial charge >= 0.3 is 5.69 Å².